The number of benzene rings is 1. The lowest BCUT2D eigenvalue weighted by Gasteiger charge is -2.31. The number of carboxylic acid groups (broad SMARTS) is 1. The maximum absolute atomic E-state index is 12.5. The van der Waals surface area contributed by atoms with Gasteiger partial charge in [0.25, 0.3) is 5.91 Å². The molecule has 1 aliphatic rings. The van der Waals surface area contributed by atoms with Gasteiger partial charge in [0.15, 0.2) is 0 Å². The number of likely N-dealkylation sites (tertiary alicyclic amines) is 1. The summed E-state index contributed by atoms with van der Waals surface area (Å²) in [5.74, 6) is -1.79. The predicted octanol–water partition coefficient (Wildman–Crippen LogP) is 1.02. The molecule has 8 nitrogen and oxygen atoms in total. The number of hydrogen-bond donors (Lipinski definition) is 1. The minimum Gasteiger partial charge on any atom is -0.481 e. The Balaban J connectivity index is 1.61. The number of amides is 2. The molecule has 0 atom stereocenters. The minimum atomic E-state index is -0.820. The van der Waals surface area contributed by atoms with Gasteiger partial charge in [-0.2, -0.15) is 0 Å². The molecule has 136 valence electrons. The van der Waals surface area contributed by atoms with Crippen LogP contribution in [0.25, 0.3) is 11.0 Å². The maximum Gasteiger partial charge on any atom is 0.306 e. The van der Waals surface area contributed by atoms with Gasteiger partial charge in [0, 0.05) is 20.1 Å². The SMILES string of the molecule is CN(CC(=O)N1CCC(C(=O)O)CC1)C(=O)c1cnc2ccccc2n1. The first-order valence-electron chi connectivity index (χ1n) is 8.43. The fourth-order valence-electron chi connectivity index (χ4n) is 3.01. The molecule has 0 spiro atoms. The zero-order valence-corrected chi connectivity index (χ0v) is 14.5. The number of para-hydroxylation sites is 2. The van der Waals surface area contributed by atoms with Gasteiger partial charge in [-0.1, -0.05) is 12.1 Å². The molecule has 2 amide bonds. The van der Waals surface area contributed by atoms with E-state index in [1.807, 2.05) is 18.2 Å². The van der Waals surface area contributed by atoms with E-state index < -0.39 is 11.9 Å². The van der Waals surface area contributed by atoms with Crippen LogP contribution in [0.2, 0.25) is 0 Å². The van der Waals surface area contributed by atoms with E-state index in [-0.39, 0.29) is 24.1 Å². The van der Waals surface area contributed by atoms with Gasteiger partial charge in [0.1, 0.15) is 5.69 Å². The van der Waals surface area contributed by atoms with E-state index in [4.69, 9.17) is 5.11 Å². The van der Waals surface area contributed by atoms with Crippen LogP contribution in [0.1, 0.15) is 23.3 Å². The molecule has 0 bridgehead atoms. The third kappa shape index (κ3) is 3.79. The van der Waals surface area contributed by atoms with E-state index >= 15 is 0 Å². The van der Waals surface area contributed by atoms with Crippen LogP contribution >= 0.6 is 0 Å². The van der Waals surface area contributed by atoms with E-state index in [0.29, 0.717) is 37.0 Å². The van der Waals surface area contributed by atoms with Gasteiger partial charge in [-0.05, 0) is 25.0 Å². The third-order valence-corrected chi connectivity index (χ3v) is 4.58. The Kier molecular flexibility index (Phi) is 5.11. The summed E-state index contributed by atoms with van der Waals surface area (Å²) >= 11 is 0. The van der Waals surface area contributed by atoms with Gasteiger partial charge in [-0.3, -0.25) is 19.4 Å². The van der Waals surface area contributed by atoms with E-state index in [1.165, 1.54) is 11.1 Å². The molecule has 1 fully saturated rings. The number of nitrogens with zero attached hydrogens (tertiary/aromatic N) is 4. The Bertz CT molecular complexity index is 846. The summed E-state index contributed by atoms with van der Waals surface area (Å²) in [6.07, 6.45) is 2.29. The summed E-state index contributed by atoms with van der Waals surface area (Å²) < 4.78 is 0. The molecule has 0 radical (unpaired) electrons. The summed E-state index contributed by atoms with van der Waals surface area (Å²) in [5, 5.41) is 9.01. The lowest BCUT2D eigenvalue weighted by Crippen LogP contribution is -2.45. The van der Waals surface area contributed by atoms with Crippen molar-refractivity contribution < 1.29 is 19.5 Å². The number of piperidine rings is 1. The second kappa shape index (κ2) is 7.47. The van der Waals surface area contributed by atoms with Crippen molar-refractivity contribution in [2.24, 2.45) is 5.92 Å². The molecule has 1 N–H and O–H groups in total. The van der Waals surface area contributed by atoms with Gasteiger partial charge < -0.3 is 14.9 Å². The molecule has 1 saturated heterocycles. The Morgan fingerprint density at radius 1 is 1.19 bits per heavy atom. The van der Waals surface area contributed by atoms with Crippen molar-refractivity contribution in [2.75, 3.05) is 26.7 Å². The number of hydrogen-bond acceptors (Lipinski definition) is 5. The summed E-state index contributed by atoms with van der Waals surface area (Å²) in [5.41, 5.74) is 1.50. The summed E-state index contributed by atoms with van der Waals surface area (Å²) in [4.78, 5) is 47.3. The Hall–Kier alpha value is -3.03. The van der Waals surface area contributed by atoms with Crippen LogP contribution in [0, 0.1) is 5.92 Å². The van der Waals surface area contributed by atoms with Crippen molar-refractivity contribution in [3.05, 3.63) is 36.2 Å². The number of carbonyl (C=O) groups is 3. The molecule has 3 rings (SSSR count). The van der Waals surface area contributed by atoms with Gasteiger partial charge in [0.05, 0.1) is 29.7 Å². The first kappa shape index (κ1) is 17.8. The second-order valence-electron chi connectivity index (χ2n) is 6.40. The number of fused-ring (bicyclic) bond motifs is 1. The van der Waals surface area contributed by atoms with Crippen molar-refractivity contribution in [1.82, 2.24) is 19.8 Å². The fourth-order valence-corrected chi connectivity index (χ4v) is 3.01. The van der Waals surface area contributed by atoms with Crippen molar-refractivity contribution in [3.63, 3.8) is 0 Å². The molecule has 0 saturated carbocycles. The minimum absolute atomic E-state index is 0.0783. The zero-order valence-electron chi connectivity index (χ0n) is 14.5. The van der Waals surface area contributed by atoms with Gasteiger partial charge in [0.2, 0.25) is 5.91 Å². The number of likely N-dealkylation sites (N-methyl/N-ethyl adjacent to an activating group) is 1. The number of aromatic nitrogens is 2. The highest BCUT2D eigenvalue weighted by molar-refractivity contribution is 5.95. The summed E-state index contributed by atoms with van der Waals surface area (Å²) in [6, 6.07) is 7.25. The van der Waals surface area contributed by atoms with Crippen molar-refractivity contribution in [2.45, 2.75) is 12.8 Å². The molecule has 1 aliphatic heterocycles. The van der Waals surface area contributed by atoms with Crippen molar-refractivity contribution in [1.29, 1.82) is 0 Å². The van der Waals surface area contributed by atoms with Gasteiger partial charge >= 0.3 is 5.97 Å². The van der Waals surface area contributed by atoms with Crippen LogP contribution in [0.3, 0.4) is 0 Å². The zero-order chi connectivity index (χ0) is 18.7. The van der Waals surface area contributed by atoms with E-state index in [2.05, 4.69) is 9.97 Å². The topological polar surface area (TPSA) is 104 Å². The molecule has 0 unspecified atom stereocenters. The summed E-state index contributed by atoms with van der Waals surface area (Å²) in [7, 11) is 1.54. The lowest BCUT2D eigenvalue weighted by atomic mass is 9.97. The normalized spacial score (nSPS) is 15.0. The molecule has 0 aliphatic carbocycles. The smallest absolute Gasteiger partial charge is 0.306 e. The Morgan fingerprint density at radius 2 is 1.85 bits per heavy atom. The molecule has 1 aromatic heterocycles. The van der Waals surface area contributed by atoms with Crippen LogP contribution in [-0.4, -0.2) is 69.3 Å². The fraction of sp³-hybridized carbons (Fsp3) is 0.389. The monoisotopic (exact) mass is 356 g/mol. The number of rotatable bonds is 4. The molecule has 1 aromatic carbocycles. The lowest BCUT2D eigenvalue weighted by molar-refractivity contribution is -0.145. The first-order chi connectivity index (χ1) is 12.5. The molecule has 8 heteroatoms. The molecule has 2 heterocycles. The van der Waals surface area contributed by atoms with E-state index in [9.17, 15) is 14.4 Å². The van der Waals surface area contributed by atoms with Crippen LogP contribution < -0.4 is 0 Å². The average Bonchev–Trinajstić information content (AvgIpc) is 2.67. The highest BCUT2D eigenvalue weighted by atomic mass is 16.4. The number of aliphatic carboxylic acids is 1. The second-order valence-corrected chi connectivity index (χ2v) is 6.40. The highest BCUT2D eigenvalue weighted by Crippen LogP contribution is 2.17. The first-order valence-corrected chi connectivity index (χ1v) is 8.43. The molecule has 26 heavy (non-hydrogen) atoms. The highest BCUT2D eigenvalue weighted by Gasteiger charge is 2.28. The average molecular weight is 356 g/mol. The van der Waals surface area contributed by atoms with Crippen LogP contribution in [-0.2, 0) is 9.59 Å². The molecular weight excluding hydrogens is 336 g/mol. The standard InChI is InChI=1S/C18H20N4O4/c1-21(11-16(23)22-8-6-12(7-9-22)18(25)26)17(24)15-10-19-13-4-2-3-5-14(13)20-15/h2-5,10,12H,6-9,11H2,1H3,(H,25,26). The predicted molar refractivity (Wildman–Crippen MR) is 93.4 cm³/mol. The van der Waals surface area contributed by atoms with Crippen LogP contribution in [0.4, 0.5) is 0 Å². The maximum atomic E-state index is 12.5. The molecule has 2 aromatic rings. The van der Waals surface area contributed by atoms with E-state index in [1.54, 1.807) is 18.0 Å². The quantitative estimate of drug-likeness (QED) is 0.877. The largest absolute Gasteiger partial charge is 0.481 e. The van der Waals surface area contributed by atoms with Crippen molar-refractivity contribution >= 4 is 28.8 Å². The summed E-state index contributed by atoms with van der Waals surface area (Å²) in [6.45, 7) is 0.715. The van der Waals surface area contributed by atoms with Gasteiger partial charge in [-0.15, -0.1) is 0 Å². The van der Waals surface area contributed by atoms with Crippen LogP contribution in [0.15, 0.2) is 30.5 Å². The van der Waals surface area contributed by atoms with Crippen LogP contribution in [0.5, 0.6) is 0 Å². The Labute approximate surface area is 150 Å². The number of carboxylic acids is 1. The number of carbonyl (C=O) groups excluding carboxylic acids is 2. The third-order valence-electron chi connectivity index (χ3n) is 4.58. The van der Waals surface area contributed by atoms with Crippen molar-refractivity contribution in [3.8, 4) is 0 Å². The Morgan fingerprint density at radius 3 is 2.50 bits per heavy atom. The molecular formula is C18H20N4O4. The van der Waals surface area contributed by atoms with Gasteiger partial charge in [-0.25, -0.2) is 4.98 Å². The van der Waals surface area contributed by atoms with E-state index in [0.717, 1.165) is 0 Å².